The van der Waals surface area contributed by atoms with E-state index in [2.05, 4.69) is 118 Å². The number of ether oxygens (including phenoxy) is 1. The van der Waals surface area contributed by atoms with Gasteiger partial charge in [-0.25, -0.2) is 0 Å². The monoisotopic (exact) mass is 750 g/mol. The minimum atomic E-state index is -1.99. The highest BCUT2D eigenvalue weighted by Gasteiger charge is 2.34. The van der Waals surface area contributed by atoms with E-state index < -0.39 is 17.2 Å². The predicted molar refractivity (Wildman–Crippen MR) is 213 cm³/mol. The summed E-state index contributed by atoms with van der Waals surface area (Å²) in [5.74, 6) is 4.26. The van der Waals surface area contributed by atoms with E-state index in [4.69, 9.17) is 31.9 Å². The van der Waals surface area contributed by atoms with Crippen molar-refractivity contribution in [2.45, 2.75) is 87.7 Å². The molecule has 0 atom stereocenters. The smallest absolute Gasteiger partial charge is 0.493 e. The molecule has 0 saturated heterocycles. The Balaban J connectivity index is 1.25. The largest absolute Gasteiger partial charge is 0.530 e. The Hall–Kier alpha value is -4.28. The van der Waals surface area contributed by atoms with Crippen molar-refractivity contribution in [3.8, 4) is 34.5 Å². The minimum Gasteiger partial charge on any atom is -0.493 e. The number of aryl methyl sites for hydroxylation is 8. The number of methoxy groups -OCH3 is 1. The number of fused-ring (bicyclic) bond motifs is 4. The van der Waals surface area contributed by atoms with Gasteiger partial charge in [-0.2, -0.15) is 0 Å². The van der Waals surface area contributed by atoms with Gasteiger partial charge in [0.25, 0.3) is 0 Å². The molecule has 0 aromatic heterocycles. The second-order valence-corrected chi connectivity index (χ2v) is 16.6. The van der Waals surface area contributed by atoms with Crippen LogP contribution in [0.4, 0.5) is 0 Å². The lowest BCUT2D eigenvalue weighted by molar-refractivity contribution is 0.249. The first kappa shape index (κ1) is 37.1. The average Bonchev–Trinajstić information content (AvgIpc) is 3.09. The minimum absolute atomic E-state index is 0.0500. The van der Waals surface area contributed by atoms with E-state index in [0.717, 1.165) is 73.1 Å². The van der Waals surface area contributed by atoms with Crippen molar-refractivity contribution in [1.29, 1.82) is 0 Å². The summed E-state index contributed by atoms with van der Waals surface area (Å²) >= 11 is 0. The Kier molecular flexibility index (Phi) is 10.4. The number of hydrogen-bond acceptors (Lipinski definition) is 7. The third-order valence-corrected chi connectivity index (χ3v) is 12.1. The fourth-order valence-electron chi connectivity index (χ4n) is 7.63. The van der Waals surface area contributed by atoms with E-state index >= 15 is 0 Å². The molecule has 276 valence electrons. The molecule has 0 bridgehead atoms. The highest BCUT2D eigenvalue weighted by molar-refractivity contribution is 7.43. The van der Waals surface area contributed by atoms with Gasteiger partial charge in [-0.3, -0.25) is 4.52 Å². The molecule has 2 aliphatic rings. The fourth-order valence-corrected chi connectivity index (χ4v) is 10.1. The zero-order valence-corrected chi connectivity index (χ0v) is 34.3. The van der Waals surface area contributed by atoms with Crippen molar-refractivity contribution in [3.05, 3.63) is 139 Å². The molecular weight excluding hydrogens is 702 g/mol. The quantitative estimate of drug-likeness (QED) is 0.160. The Labute approximate surface area is 316 Å². The molecule has 0 radical (unpaired) electrons. The van der Waals surface area contributed by atoms with Crippen molar-refractivity contribution < 1.29 is 31.9 Å². The summed E-state index contributed by atoms with van der Waals surface area (Å²) in [6.07, 6.45) is 0. The standard InChI is InChI=1S/C44H48O7P2/c1-24-15-28(5)40-35(19-24)32(9)36-20-25(2)16-29(6)41(36)48-52(47-40)46-23-34-13-12-14-39(45-11)44(34)51-53-49-42-30(7)17-26(3)21-37(42)33(10)38-22-27(4)18-31(8)43(38)50-53/h12-22,32-33H,23H2,1-11H3. The van der Waals surface area contributed by atoms with Gasteiger partial charge in [-0.1, -0.05) is 96.8 Å². The van der Waals surface area contributed by atoms with Crippen LogP contribution >= 0.6 is 17.2 Å². The second-order valence-electron chi connectivity index (χ2n) is 14.6. The van der Waals surface area contributed by atoms with E-state index in [-0.39, 0.29) is 18.4 Å². The molecule has 5 aromatic carbocycles. The van der Waals surface area contributed by atoms with Crippen LogP contribution in [-0.4, -0.2) is 7.11 Å². The number of hydrogen-bond donors (Lipinski definition) is 0. The molecule has 0 spiro atoms. The third-order valence-electron chi connectivity index (χ3n) is 10.1. The average molecular weight is 751 g/mol. The zero-order valence-electron chi connectivity index (χ0n) is 32.5. The van der Waals surface area contributed by atoms with Gasteiger partial charge in [-0.05, 0) is 83.7 Å². The van der Waals surface area contributed by atoms with Crippen LogP contribution in [0, 0.1) is 55.4 Å². The SMILES string of the molecule is COc1cccc(COP2Oc3c(C)cc(C)cc3C(C)c3cc(C)cc(C)c3O2)c1OP1Oc2c(C)cc(C)cc2C(C)c2cc(C)cc(C)c2O1. The summed E-state index contributed by atoms with van der Waals surface area (Å²) in [6.45, 7) is 21.3. The van der Waals surface area contributed by atoms with Crippen LogP contribution in [0.2, 0.25) is 0 Å². The van der Waals surface area contributed by atoms with Crippen LogP contribution in [0.3, 0.4) is 0 Å². The Morgan fingerprint density at radius 1 is 0.528 bits per heavy atom. The van der Waals surface area contributed by atoms with Gasteiger partial charge in [0, 0.05) is 39.7 Å². The van der Waals surface area contributed by atoms with Crippen molar-refractivity contribution in [1.82, 2.24) is 0 Å². The molecule has 0 aliphatic carbocycles. The maximum Gasteiger partial charge on any atom is 0.530 e. The molecule has 53 heavy (non-hydrogen) atoms. The maximum atomic E-state index is 6.78. The molecule has 2 aliphatic heterocycles. The lowest BCUT2D eigenvalue weighted by Gasteiger charge is -2.30. The van der Waals surface area contributed by atoms with Gasteiger partial charge >= 0.3 is 17.2 Å². The molecular formula is C44H48O7P2. The van der Waals surface area contributed by atoms with E-state index in [1.807, 2.05) is 18.2 Å². The van der Waals surface area contributed by atoms with Crippen LogP contribution in [0.1, 0.15) is 98.0 Å². The van der Waals surface area contributed by atoms with E-state index in [0.29, 0.717) is 11.5 Å². The van der Waals surface area contributed by atoms with Crippen molar-refractivity contribution in [2.24, 2.45) is 0 Å². The summed E-state index contributed by atoms with van der Waals surface area (Å²) in [4.78, 5) is 0. The van der Waals surface area contributed by atoms with Crippen molar-refractivity contribution in [3.63, 3.8) is 0 Å². The van der Waals surface area contributed by atoms with Crippen LogP contribution in [-0.2, 0) is 11.1 Å². The normalized spacial score (nSPS) is 18.8. The summed E-state index contributed by atoms with van der Waals surface area (Å²) in [6, 6.07) is 23.1. The van der Waals surface area contributed by atoms with Crippen molar-refractivity contribution >= 4 is 17.2 Å². The molecule has 0 amide bonds. The molecule has 0 unspecified atom stereocenters. The second kappa shape index (κ2) is 14.9. The predicted octanol–water partition coefficient (Wildman–Crippen LogP) is 12.8. The Morgan fingerprint density at radius 3 is 1.28 bits per heavy atom. The molecule has 2 heterocycles. The summed E-state index contributed by atoms with van der Waals surface area (Å²) in [5.41, 5.74) is 14.0. The fraction of sp³-hybridized carbons (Fsp3) is 0.318. The molecule has 7 rings (SSSR count). The first-order chi connectivity index (χ1) is 25.3. The van der Waals surface area contributed by atoms with Gasteiger partial charge < -0.3 is 27.4 Å². The number of rotatable bonds is 6. The van der Waals surface area contributed by atoms with Crippen LogP contribution < -0.4 is 27.4 Å². The summed E-state index contributed by atoms with van der Waals surface area (Å²) in [5, 5.41) is 0. The first-order valence-electron chi connectivity index (χ1n) is 18.0. The molecule has 0 fully saturated rings. The Morgan fingerprint density at radius 2 is 0.906 bits per heavy atom. The van der Waals surface area contributed by atoms with E-state index in [9.17, 15) is 0 Å². The lowest BCUT2D eigenvalue weighted by atomic mass is 9.87. The van der Waals surface area contributed by atoms with Crippen molar-refractivity contribution in [2.75, 3.05) is 7.11 Å². The highest BCUT2D eigenvalue weighted by atomic mass is 31.2. The maximum absolute atomic E-state index is 6.78. The Bertz CT molecular complexity index is 2090. The lowest BCUT2D eigenvalue weighted by Crippen LogP contribution is -2.14. The van der Waals surface area contributed by atoms with Gasteiger partial charge in [0.15, 0.2) is 11.5 Å². The summed E-state index contributed by atoms with van der Waals surface area (Å²) in [7, 11) is -2.24. The van der Waals surface area contributed by atoms with E-state index in [1.165, 1.54) is 22.3 Å². The van der Waals surface area contributed by atoms with Gasteiger partial charge in [0.1, 0.15) is 23.0 Å². The molecule has 9 heteroatoms. The number of benzene rings is 5. The summed E-state index contributed by atoms with van der Waals surface area (Å²) < 4.78 is 46.0. The number of para-hydroxylation sites is 1. The van der Waals surface area contributed by atoms with Gasteiger partial charge in [0.2, 0.25) is 0 Å². The van der Waals surface area contributed by atoms with Crippen LogP contribution in [0.15, 0.2) is 66.7 Å². The van der Waals surface area contributed by atoms with Gasteiger partial charge in [-0.15, -0.1) is 0 Å². The molecule has 0 saturated carbocycles. The topological polar surface area (TPSA) is 64.6 Å². The first-order valence-corrected chi connectivity index (χ1v) is 20.2. The zero-order chi connectivity index (χ0) is 37.7. The molecule has 5 aromatic rings. The van der Waals surface area contributed by atoms with Crippen LogP contribution in [0.25, 0.3) is 0 Å². The molecule has 0 N–H and O–H groups in total. The molecule has 7 nitrogen and oxygen atoms in total. The highest BCUT2D eigenvalue weighted by Crippen LogP contribution is 2.56. The van der Waals surface area contributed by atoms with Crippen LogP contribution in [0.5, 0.6) is 34.5 Å². The third kappa shape index (κ3) is 7.32. The van der Waals surface area contributed by atoms with Gasteiger partial charge in [0.05, 0.1) is 13.7 Å². The van der Waals surface area contributed by atoms with E-state index in [1.54, 1.807) is 7.11 Å².